The van der Waals surface area contributed by atoms with Gasteiger partial charge in [0.25, 0.3) is 0 Å². The molecule has 2 heterocycles. The Labute approximate surface area is 165 Å². The number of methoxy groups -OCH3 is 1. The zero-order valence-electron chi connectivity index (χ0n) is 16.7. The van der Waals surface area contributed by atoms with Crippen LogP contribution in [-0.4, -0.2) is 47.2 Å². The van der Waals surface area contributed by atoms with Crippen molar-refractivity contribution in [2.45, 2.75) is 39.8 Å². The van der Waals surface area contributed by atoms with E-state index in [1.54, 1.807) is 24.8 Å². The number of thiophene rings is 1. The van der Waals surface area contributed by atoms with E-state index in [1.807, 2.05) is 12.1 Å². The molecular weight excluding hydrogens is 356 g/mol. The van der Waals surface area contributed by atoms with Crippen molar-refractivity contribution in [3.63, 3.8) is 0 Å². The monoisotopic (exact) mass is 384 g/mol. The summed E-state index contributed by atoms with van der Waals surface area (Å²) in [6.45, 7) is 10.8. The first-order valence-corrected chi connectivity index (χ1v) is 10.3. The van der Waals surface area contributed by atoms with Gasteiger partial charge in [-0.1, -0.05) is 12.1 Å². The van der Waals surface area contributed by atoms with Crippen molar-refractivity contribution >= 4 is 27.4 Å². The Hall–Kier alpha value is -2.18. The van der Waals surface area contributed by atoms with Crippen LogP contribution in [0.25, 0.3) is 21.3 Å². The minimum atomic E-state index is 0.522. The van der Waals surface area contributed by atoms with E-state index < -0.39 is 0 Å². The highest BCUT2D eigenvalue weighted by Gasteiger charge is 2.15. The number of ether oxygens (including phenoxy) is 1. The Bertz CT molecular complexity index is 866. The van der Waals surface area contributed by atoms with Crippen molar-refractivity contribution in [1.29, 1.82) is 0 Å². The maximum Gasteiger partial charge on any atom is 0.138 e. The van der Waals surface area contributed by atoms with Gasteiger partial charge in [0.1, 0.15) is 22.7 Å². The second-order valence-electron chi connectivity index (χ2n) is 7.13. The number of benzene rings is 1. The third kappa shape index (κ3) is 4.39. The molecule has 0 fully saturated rings. The normalized spacial score (nSPS) is 11.7. The highest BCUT2D eigenvalue weighted by Crippen LogP contribution is 2.36. The number of fused-ring (bicyclic) bond motifs is 1. The molecule has 0 aliphatic heterocycles. The molecular formula is C21H28N4OS. The van der Waals surface area contributed by atoms with Crippen LogP contribution >= 0.6 is 11.3 Å². The number of nitrogens with zero attached hydrogens (tertiary/aromatic N) is 3. The molecule has 0 spiro atoms. The van der Waals surface area contributed by atoms with E-state index in [0.29, 0.717) is 12.1 Å². The molecule has 0 saturated carbocycles. The van der Waals surface area contributed by atoms with Gasteiger partial charge in [-0.25, -0.2) is 9.97 Å². The predicted molar refractivity (Wildman–Crippen MR) is 115 cm³/mol. The molecule has 0 aliphatic carbocycles. The van der Waals surface area contributed by atoms with E-state index in [4.69, 9.17) is 4.74 Å². The Balaban J connectivity index is 1.84. The molecule has 0 saturated heterocycles. The second-order valence-corrected chi connectivity index (χ2v) is 7.99. The zero-order chi connectivity index (χ0) is 19.4. The smallest absolute Gasteiger partial charge is 0.138 e. The summed E-state index contributed by atoms with van der Waals surface area (Å²) in [7, 11) is 1.68. The summed E-state index contributed by atoms with van der Waals surface area (Å²) >= 11 is 1.65. The zero-order valence-corrected chi connectivity index (χ0v) is 17.5. The van der Waals surface area contributed by atoms with Crippen molar-refractivity contribution in [1.82, 2.24) is 14.9 Å². The van der Waals surface area contributed by atoms with Gasteiger partial charge in [0.15, 0.2) is 0 Å². The number of anilines is 1. The van der Waals surface area contributed by atoms with Crippen LogP contribution in [0.15, 0.2) is 36.0 Å². The van der Waals surface area contributed by atoms with Crippen LogP contribution < -0.4 is 10.1 Å². The fourth-order valence-corrected chi connectivity index (χ4v) is 4.32. The highest BCUT2D eigenvalue weighted by atomic mass is 32.1. The molecule has 1 N–H and O–H groups in total. The summed E-state index contributed by atoms with van der Waals surface area (Å²) in [6, 6.07) is 9.17. The van der Waals surface area contributed by atoms with Gasteiger partial charge < -0.3 is 10.1 Å². The van der Waals surface area contributed by atoms with Gasteiger partial charge in [-0.3, -0.25) is 4.90 Å². The molecule has 0 atom stereocenters. The molecule has 0 radical (unpaired) electrons. The van der Waals surface area contributed by atoms with Gasteiger partial charge in [0, 0.05) is 36.1 Å². The summed E-state index contributed by atoms with van der Waals surface area (Å²) in [5.41, 5.74) is 2.30. The number of nitrogens with one attached hydrogen (secondary N) is 1. The Morgan fingerprint density at radius 3 is 2.41 bits per heavy atom. The van der Waals surface area contributed by atoms with Crippen LogP contribution in [0.2, 0.25) is 0 Å². The Kier molecular flexibility index (Phi) is 6.29. The van der Waals surface area contributed by atoms with Crippen molar-refractivity contribution in [3.8, 4) is 16.9 Å². The van der Waals surface area contributed by atoms with E-state index in [9.17, 15) is 0 Å². The van der Waals surface area contributed by atoms with E-state index in [0.717, 1.165) is 46.0 Å². The van der Waals surface area contributed by atoms with Crippen LogP contribution in [-0.2, 0) is 0 Å². The molecule has 144 valence electrons. The molecule has 0 unspecified atom stereocenters. The van der Waals surface area contributed by atoms with Crippen LogP contribution in [0, 0.1) is 0 Å². The van der Waals surface area contributed by atoms with E-state index in [2.05, 4.69) is 65.4 Å². The molecule has 5 nitrogen and oxygen atoms in total. The number of hydrogen-bond donors (Lipinski definition) is 1. The molecule has 0 amide bonds. The maximum absolute atomic E-state index is 5.27. The van der Waals surface area contributed by atoms with Crippen LogP contribution in [0.5, 0.6) is 5.75 Å². The molecule has 27 heavy (non-hydrogen) atoms. The first-order chi connectivity index (χ1) is 13.0. The van der Waals surface area contributed by atoms with Crippen molar-refractivity contribution < 1.29 is 4.74 Å². The largest absolute Gasteiger partial charge is 0.497 e. The van der Waals surface area contributed by atoms with Gasteiger partial charge in [-0.15, -0.1) is 11.3 Å². The molecule has 3 aromatic rings. The summed E-state index contributed by atoms with van der Waals surface area (Å²) in [6.07, 6.45) is 1.64. The number of aromatic nitrogens is 2. The van der Waals surface area contributed by atoms with E-state index >= 15 is 0 Å². The van der Waals surface area contributed by atoms with Gasteiger partial charge in [-0.05, 0) is 45.4 Å². The van der Waals surface area contributed by atoms with Crippen molar-refractivity contribution in [3.05, 3.63) is 36.0 Å². The fourth-order valence-electron chi connectivity index (χ4n) is 3.41. The summed E-state index contributed by atoms with van der Waals surface area (Å²) in [4.78, 5) is 12.5. The minimum Gasteiger partial charge on any atom is -0.497 e. The topological polar surface area (TPSA) is 50.3 Å². The van der Waals surface area contributed by atoms with Crippen LogP contribution in [0.3, 0.4) is 0 Å². The molecule has 0 aliphatic rings. The summed E-state index contributed by atoms with van der Waals surface area (Å²) < 4.78 is 5.27. The van der Waals surface area contributed by atoms with Crippen LogP contribution in [0.4, 0.5) is 5.82 Å². The maximum atomic E-state index is 5.27. The lowest BCUT2D eigenvalue weighted by Gasteiger charge is -2.30. The molecule has 0 bridgehead atoms. The lowest BCUT2D eigenvalue weighted by Crippen LogP contribution is -2.40. The number of hydrogen-bond acceptors (Lipinski definition) is 6. The Morgan fingerprint density at radius 2 is 1.78 bits per heavy atom. The van der Waals surface area contributed by atoms with Gasteiger partial charge in [0.2, 0.25) is 0 Å². The third-order valence-electron chi connectivity index (χ3n) is 4.76. The molecule has 2 aromatic heterocycles. The van der Waals surface area contributed by atoms with E-state index in [1.165, 1.54) is 0 Å². The summed E-state index contributed by atoms with van der Waals surface area (Å²) in [5, 5.41) is 6.78. The minimum absolute atomic E-state index is 0.522. The lowest BCUT2D eigenvalue weighted by molar-refractivity contribution is 0.182. The average Bonchev–Trinajstić information content (AvgIpc) is 3.09. The van der Waals surface area contributed by atoms with E-state index in [-0.39, 0.29) is 0 Å². The molecule has 1 aromatic carbocycles. The predicted octanol–water partition coefficient (Wildman–Crippen LogP) is 4.90. The van der Waals surface area contributed by atoms with Crippen molar-refractivity contribution in [2.75, 3.05) is 25.5 Å². The van der Waals surface area contributed by atoms with Gasteiger partial charge >= 0.3 is 0 Å². The second kappa shape index (κ2) is 8.67. The average molecular weight is 385 g/mol. The van der Waals surface area contributed by atoms with Gasteiger partial charge in [0.05, 0.1) is 12.5 Å². The first-order valence-electron chi connectivity index (χ1n) is 9.37. The summed E-state index contributed by atoms with van der Waals surface area (Å²) in [5.74, 6) is 1.76. The van der Waals surface area contributed by atoms with Crippen molar-refractivity contribution in [2.24, 2.45) is 0 Å². The molecule has 3 rings (SSSR count). The molecule has 6 heteroatoms. The Morgan fingerprint density at radius 1 is 1.07 bits per heavy atom. The lowest BCUT2D eigenvalue weighted by atomic mass is 10.1. The number of rotatable bonds is 8. The highest BCUT2D eigenvalue weighted by molar-refractivity contribution is 7.17. The van der Waals surface area contributed by atoms with Gasteiger partial charge in [-0.2, -0.15) is 0 Å². The first kappa shape index (κ1) is 19.6. The fraction of sp³-hybridized carbons (Fsp3) is 0.429. The standard InChI is InChI=1S/C21H28N4OS/c1-14(2)25(15(3)4)11-10-22-20-19-18(12-27-21(19)24-13-23-20)16-6-8-17(26-5)9-7-16/h6-9,12-15H,10-11H2,1-5H3,(H,22,23,24). The van der Waals surface area contributed by atoms with Crippen LogP contribution in [0.1, 0.15) is 27.7 Å². The quantitative estimate of drug-likeness (QED) is 0.599. The third-order valence-corrected chi connectivity index (χ3v) is 5.65. The SMILES string of the molecule is COc1ccc(-c2csc3ncnc(NCCN(C(C)C)C(C)C)c23)cc1.